The normalized spacial score (nSPS) is 20.0. The molecule has 0 saturated heterocycles. The average Bonchev–Trinajstić information content (AvgIpc) is 2.29. The summed E-state index contributed by atoms with van der Waals surface area (Å²) in [6.07, 6.45) is 7.57. The molecule has 4 nitrogen and oxygen atoms in total. The monoisotopic (exact) mass is 227 g/mol. The van der Waals surface area contributed by atoms with Crippen LogP contribution < -0.4 is 11.1 Å². The van der Waals surface area contributed by atoms with Gasteiger partial charge in [0.05, 0.1) is 0 Å². The van der Waals surface area contributed by atoms with Crippen molar-refractivity contribution in [3.05, 3.63) is 0 Å². The fourth-order valence-electron chi connectivity index (χ4n) is 2.16. The van der Waals surface area contributed by atoms with Crippen molar-refractivity contribution in [2.75, 3.05) is 6.54 Å². The lowest BCUT2D eigenvalue weighted by molar-refractivity contribution is 0.302. The fourth-order valence-corrected chi connectivity index (χ4v) is 2.16. The van der Waals surface area contributed by atoms with Gasteiger partial charge in [-0.3, -0.25) is 0 Å². The Balaban J connectivity index is 2.23. The molecular weight excluding hydrogens is 202 g/mol. The minimum absolute atomic E-state index is 0.226. The second-order valence-electron chi connectivity index (χ2n) is 5.41. The quantitative estimate of drug-likeness (QED) is 0.291. The van der Waals surface area contributed by atoms with Gasteiger partial charge >= 0.3 is 0 Å². The van der Waals surface area contributed by atoms with E-state index in [1.54, 1.807) is 0 Å². The minimum atomic E-state index is -0.226. The van der Waals surface area contributed by atoms with Gasteiger partial charge in [-0.1, -0.05) is 38.3 Å². The maximum atomic E-state index is 8.66. The number of hydrogen-bond acceptors (Lipinski definition) is 3. The maximum Gasteiger partial charge on any atom is 0.144 e. The molecule has 0 aromatic carbocycles. The summed E-state index contributed by atoms with van der Waals surface area (Å²) < 4.78 is 0. The number of nitrogens with two attached hydrogens (primary N) is 1. The van der Waals surface area contributed by atoms with E-state index in [2.05, 4.69) is 10.5 Å². The van der Waals surface area contributed by atoms with Gasteiger partial charge in [-0.25, -0.2) is 0 Å². The lowest BCUT2D eigenvalue weighted by Crippen LogP contribution is -2.38. The molecule has 4 heteroatoms. The Morgan fingerprint density at radius 1 is 1.38 bits per heavy atom. The van der Waals surface area contributed by atoms with Crippen LogP contribution in [0.1, 0.15) is 52.4 Å². The van der Waals surface area contributed by atoms with Gasteiger partial charge in [-0.05, 0) is 25.8 Å². The highest BCUT2D eigenvalue weighted by molar-refractivity contribution is 5.85. The summed E-state index contributed by atoms with van der Waals surface area (Å²) in [6, 6.07) is 0.678. The Morgan fingerprint density at radius 3 is 2.56 bits per heavy atom. The van der Waals surface area contributed by atoms with Crippen molar-refractivity contribution in [3.8, 4) is 0 Å². The highest BCUT2D eigenvalue weighted by Crippen LogP contribution is 2.21. The van der Waals surface area contributed by atoms with Crippen molar-refractivity contribution in [1.82, 2.24) is 5.32 Å². The number of oxime groups is 1. The molecule has 0 aromatic heterocycles. The van der Waals surface area contributed by atoms with Crippen LogP contribution in [0.15, 0.2) is 5.16 Å². The summed E-state index contributed by atoms with van der Waals surface area (Å²) in [5, 5.41) is 15.3. The van der Waals surface area contributed by atoms with E-state index in [4.69, 9.17) is 10.9 Å². The van der Waals surface area contributed by atoms with Gasteiger partial charge in [0.2, 0.25) is 0 Å². The topological polar surface area (TPSA) is 70.6 Å². The Morgan fingerprint density at radius 2 is 2.00 bits per heavy atom. The molecule has 0 heterocycles. The molecule has 0 amide bonds. The van der Waals surface area contributed by atoms with Crippen LogP contribution >= 0.6 is 0 Å². The van der Waals surface area contributed by atoms with E-state index in [0.29, 0.717) is 11.9 Å². The molecule has 1 saturated carbocycles. The molecule has 0 spiro atoms. The predicted molar refractivity (Wildman–Crippen MR) is 66.7 cm³/mol. The Hall–Kier alpha value is -0.770. The summed E-state index contributed by atoms with van der Waals surface area (Å²) in [5.74, 6) is 0.318. The van der Waals surface area contributed by atoms with Crippen molar-refractivity contribution < 1.29 is 5.21 Å². The molecule has 4 N–H and O–H groups in total. The highest BCUT2D eigenvalue weighted by atomic mass is 16.4. The van der Waals surface area contributed by atoms with E-state index >= 15 is 0 Å². The largest absolute Gasteiger partial charge is 0.409 e. The van der Waals surface area contributed by atoms with E-state index in [0.717, 1.165) is 13.0 Å². The third-order valence-electron chi connectivity index (χ3n) is 3.59. The standard InChI is InChI=1S/C12H25N3O/c1-12(2,11(13)15-16)8-9-14-10-6-4-3-5-7-10/h10,14,16H,3-9H2,1-2H3,(H2,13,15). The van der Waals surface area contributed by atoms with Gasteiger partial charge in [0, 0.05) is 11.5 Å². The van der Waals surface area contributed by atoms with Crippen molar-refractivity contribution in [1.29, 1.82) is 0 Å². The van der Waals surface area contributed by atoms with Crippen LogP contribution in [0, 0.1) is 5.41 Å². The summed E-state index contributed by atoms with van der Waals surface area (Å²) >= 11 is 0. The van der Waals surface area contributed by atoms with Gasteiger partial charge in [-0.15, -0.1) is 0 Å². The Kier molecular flexibility index (Phi) is 5.06. The predicted octanol–water partition coefficient (Wildman–Crippen LogP) is 2.07. The molecule has 0 radical (unpaired) electrons. The minimum Gasteiger partial charge on any atom is -0.409 e. The number of nitrogens with zero attached hydrogens (tertiary/aromatic N) is 1. The van der Waals surface area contributed by atoms with E-state index in [1.165, 1.54) is 32.1 Å². The van der Waals surface area contributed by atoms with E-state index < -0.39 is 0 Å². The van der Waals surface area contributed by atoms with Crippen LogP contribution in [-0.4, -0.2) is 23.6 Å². The molecular formula is C12H25N3O. The third kappa shape index (κ3) is 4.00. The van der Waals surface area contributed by atoms with Crippen LogP contribution in [0.5, 0.6) is 0 Å². The van der Waals surface area contributed by atoms with E-state index in [-0.39, 0.29) is 5.41 Å². The van der Waals surface area contributed by atoms with Crippen LogP contribution in [0.25, 0.3) is 0 Å². The zero-order valence-corrected chi connectivity index (χ0v) is 10.5. The first-order valence-electron chi connectivity index (χ1n) is 6.27. The van der Waals surface area contributed by atoms with Crippen molar-refractivity contribution in [2.45, 2.75) is 58.4 Å². The summed E-state index contributed by atoms with van der Waals surface area (Å²) in [5.41, 5.74) is 5.42. The molecule has 0 unspecified atom stereocenters. The smallest absolute Gasteiger partial charge is 0.144 e. The average molecular weight is 227 g/mol. The lowest BCUT2D eigenvalue weighted by atomic mass is 9.87. The zero-order valence-electron chi connectivity index (χ0n) is 10.5. The van der Waals surface area contributed by atoms with Gasteiger partial charge in [0.1, 0.15) is 5.84 Å². The third-order valence-corrected chi connectivity index (χ3v) is 3.59. The molecule has 0 aromatic rings. The summed E-state index contributed by atoms with van der Waals surface area (Å²) in [6.45, 7) is 4.95. The SMILES string of the molecule is CC(C)(CCNC1CCCCC1)C(N)=NO. The molecule has 1 fully saturated rings. The molecule has 1 aliphatic carbocycles. The van der Waals surface area contributed by atoms with Gasteiger partial charge in [-0.2, -0.15) is 0 Å². The number of amidine groups is 1. The molecule has 94 valence electrons. The Bertz CT molecular complexity index is 232. The highest BCUT2D eigenvalue weighted by Gasteiger charge is 2.23. The van der Waals surface area contributed by atoms with Crippen LogP contribution in [-0.2, 0) is 0 Å². The Labute approximate surface area is 98.3 Å². The van der Waals surface area contributed by atoms with Gasteiger partial charge < -0.3 is 16.3 Å². The van der Waals surface area contributed by atoms with E-state index in [1.807, 2.05) is 13.8 Å². The van der Waals surface area contributed by atoms with Crippen LogP contribution in [0.4, 0.5) is 0 Å². The van der Waals surface area contributed by atoms with Gasteiger partial charge in [0.15, 0.2) is 0 Å². The van der Waals surface area contributed by atoms with Crippen LogP contribution in [0.2, 0.25) is 0 Å². The molecule has 0 aliphatic heterocycles. The molecule has 1 rings (SSSR count). The summed E-state index contributed by atoms with van der Waals surface area (Å²) in [7, 11) is 0. The number of rotatable bonds is 5. The fraction of sp³-hybridized carbons (Fsp3) is 0.917. The molecule has 0 bridgehead atoms. The van der Waals surface area contributed by atoms with Gasteiger partial charge in [0.25, 0.3) is 0 Å². The van der Waals surface area contributed by atoms with E-state index in [9.17, 15) is 0 Å². The first-order chi connectivity index (χ1) is 7.56. The second-order valence-corrected chi connectivity index (χ2v) is 5.41. The number of nitrogens with one attached hydrogen (secondary N) is 1. The zero-order chi connectivity index (χ0) is 12.0. The first kappa shape index (κ1) is 13.3. The van der Waals surface area contributed by atoms with Crippen molar-refractivity contribution >= 4 is 5.84 Å². The maximum absolute atomic E-state index is 8.66. The first-order valence-corrected chi connectivity index (χ1v) is 6.27. The van der Waals surface area contributed by atoms with Crippen molar-refractivity contribution in [2.24, 2.45) is 16.3 Å². The lowest BCUT2D eigenvalue weighted by Gasteiger charge is -2.27. The molecule has 16 heavy (non-hydrogen) atoms. The molecule has 0 atom stereocenters. The second kappa shape index (κ2) is 6.09. The summed E-state index contributed by atoms with van der Waals surface area (Å²) in [4.78, 5) is 0. The van der Waals surface area contributed by atoms with Crippen LogP contribution in [0.3, 0.4) is 0 Å². The van der Waals surface area contributed by atoms with Crippen molar-refractivity contribution in [3.63, 3.8) is 0 Å². The number of hydrogen-bond donors (Lipinski definition) is 3. The molecule has 1 aliphatic rings.